The Morgan fingerprint density at radius 3 is 0.718 bits per heavy atom. The summed E-state index contributed by atoms with van der Waals surface area (Å²) in [7, 11) is 0. The van der Waals surface area contributed by atoms with E-state index in [0.29, 0.717) is 0 Å². The van der Waals surface area contributed by atoms with Crippen LogP contribution in [0.25, 0.3) is 0 Å². The standard InChI is InChI=1S/2C30H55O2PS2.Mo/c2*1-3-5-7-9-11-13-15-17-19-21-24-28-25-23-27-30(35-33(31,32)34)29(28)26-22-20-18-16-14-12-10-8-6-4-2;/h2*23,25,27H,3-22,24,26H2,1-2H3,(H2,31,32,34);/q;;+4/p-4. The first-order valence-corrected chi connectivity index (χ1v) is 37.7. The zero-order valence-electron chi connectivity index (χ0n) is 46.1. The molecule has 2 aromatic rings. The fraction of sp³-hybridized carbons (Fsp3) is 0.800. The smallest absolute Gasteiger partial charge is 0.824 e. The molecule has 0 spiro atoms. The maximum Gasteiger partial charge on any atom is 4.00 e. The molecule has 0 fully saturated rings. The van der Waals surface area contributed by atoms with E-state index in [1.807, 2.05) is 24.3 Å². The molecule has 0 aliphatic rings. The Morgan fingerprint density at radius 2 is 0.507 bits per heavy atom. The van der Waals surface area contributed by atoms with Gasteiger partial charge < -0.3 is 19.6 Å². The predicted molar refractivity (Wildman–Crippen MR) is 315 cm³/mol. The van der Waals surface area contributed by atoms with Crippen molar-refractivity contribution in [2.24, 2.45) is 0 Å². The van der Waals surface area contributed by atoms with Gasteiger partial charge in [-0.05, 0) is 85.8 Å². The average Bonchev–Trinajstić information content (AvgIpc) is 3.32. The van der Waals surface area contributed by atoms with Gasteiger partial charge >= 0.3 is 21.1 Å². The minimum atomic E-state index is -3.80. The molecule has 0 aliphatic heterocycles. The Hall–Kier alpha value is 0.968. The molecule has 0 radical (unpaired) electrons. The molecule has 2 rings (SSSR count). The largest absolute Gasteiger partial charge is 4.00 e. The fourth-order valence-electron chi connectivity index (χ4n) is 9.85. The molecule has 0 unspecified atom stereocenters. The number of benzene rings is 2. The number of unbranched alkanes of at least 4 members (excludes halogenated alkanes) is 36. The van der Waals surface area contributed by atoms with Crippen molar-refractivity contribution in [3.05, 3.63) is 58.7 Å². The molecular formula is C60H106MoO4P2S4. The summed E-state index contributed by atoms with van der Waals surface area (Å²) in [4.78, 5) is 49.2. The third kappa shape index (κ3) is 44.6. The van der Waals surface area contributed by atoms with Crippen molar-refractivity contribution in [2.45, 2.75) is 320 Å². The van der Waals surface area contributed by atoms with Crippen LogP contribution in [0.15, 0.2) is 46.2 Å². The molecule has 0 amide bonds. The second-order valence-corrected chi connectivity index (χ2v) is 31.9. The Labute approximate surface area is 473 Å². The van der Waals surface area contributed by atoms with E-state index >= 15 is 0 Å². The molecule has 0 aromatic heterocycles. The van der Waals surface area contributed by atoms with E-state index < -0.39 is 11.4 Å². The van der Waals surface area contributed by atoms with Crippen LogP contribution in [0.5, 0.6) is 0 Å². The number of hydrogen-bond acceptors (Lipinski definition) is 8. The number of aryl methyl sites for hydroxylation is 2. The SMILES string of the molecule is CCCCCCCCCCCCc1cccc(SP([O-])([O-])=S)c1CCCCCCCCCCCC.CCCCCCCCCCCCc1cccc(SP([O-])([O-])=S)c1CCCCCCCCCCCC.[Mo+4]. The van der Waals surface area contributed by atoms with Crippen molar-refractivity contribution in [3.63, 3.8) is 0 Å². The molecule has 71 heavy (non-hydrogen) atoms. The summed E-state index contributed by atoms with van der Waals surface area (Å²) in [6, 6.07) is 12.4. The minimum Gasteiger partial charge on any atom is -0.824 e. The Morgan fingerprint density at radius 1 is 0.310 bits per heavy atom. The van der Waals surface area contributed by atoms with Gasteiger partial charge in [0.1, 0.15) is 0 Å². The number of rotatable bonds is 48. The Bertz CT molecular complexity index is 1470. The van der Waals surface area contributed by atoms with Crippen LogP contribution < -0.4 is 19.6 Å². The van der Waals surface area contributed by atoms with Crippen molar-refractivity contribution in [2.75, 3.05) is 0 Å². The van der Waals surface area contributed by atoms with Crippen LogP contribution >= 0.6 is 34.2 Å². The molecule has 2 aromatic carbocycles. The molecule has 0 saturated heterocycles. The zero-order chi connectivity index (χ0) is 51.2. The second kappa shape index (κ2) is 50.5. The summed E-state index contributed by atoms with van der Waals surface area (Å²) >= 11 is 11.3. The van der Waals surface area contributed by atoms with Crippen LogP contribution in [-0.2, 0) is 70.4 Å². The van der Waals surface area contributed by atoms with Crippen LogP contribution in [0.4, 0.5) is 0 Å². The molecule has 0 heterocycles. The maximum atomic E-state index is 11.9. The van der Waals surface area contributed by atoms with E-state index in [0.717, 1.165) is 71.1 Å². The zero-order valence-corrected chi connectivity index (χ0v) is 53.2. The van der Waals surface area contributed by atoms with Gasteiger partial charge in [0.05, 0.1) is 0 Å². The molecule has 0 saturated carbocycles. The minimum absolute atomic E-state index is 0. The van der Waals surface area contributed by atoms with Gasteiger partial charge in [-0.1, -0.05) is 283 Å². The first kappa shape index (κ1) is 72.0. The van der Waals surface area contributed by atoms with Gasteiger partial charge in [0, 0.05) is 9.79 Å². The molecule has 0 aliphatic carbocycles. The van der Waals surface area contributed by atoms with Crippen molar-refractivity contribution in [1.29, 1.82) is 0 Å². The Kier molecular flexibility index (Phi) is 51.2. The van der Waals surface area contributed by atoms with Crippen LogP contribution in [0, 0.1) is 0 Å². The summed E-state index contributed by atoms with van der Waals surface area (Å²) in [6.45, 7) is 9.08. The molecular weight excluding hydrogens is 1070 g/mol. The van der Waals surface area contributed by atoms with Crippen molar-refractivity contribution in [3.8, 4) is 0 Å². The van der Waals surface area contributed by atoms with Gasteiger partial charge in [0.25, 0.3) is 0 Å². The second-order valence-electron chi connectivity index (χ2n) is 20.6. The molecule has 0 N–H and O–H groups in total. The average molecular weight is 1180 g/mol. The molecule has 410 valence electrons. The van der Waals surface area contributed by atoms with Crippen LogP contribution in [0.3, 0.4) is 0 Å². The summed E-state index contributed by atoms with van der Waals surface area (Å²) in [5.74, 6) is 0. The normalized spacial score (nSPS) is 11.7. The van der Waals surface area contributed by atoms with Gasteiger partial charge in [-0.25, -0.2) is 0 Å². The summed E-state index contributed by atoms with van der Waals surface area (Å²) in [5, 5.41) is 0. The number of hydrogen-bond donors (Lipinski definition) is 0. The fourth-order valence-corrected chi connectivity index (χ4v) is 15.2. The van der Waals surface area contributed by atoms with Crippen LogP contribution in [0.1, 0.15) is 307 Å². The predicted octanol–water partition coefficient (Wildman–Crippen LogP) is 19.3. The van der Waals surface area contributed by atoms with E-state index in [1.165, 1.54) is 266 Å². The quantitative estimate of drug-likeness (QED) is 0.0368. The van der Waals surface area contributed by atoms with E-state index in [1.54, 1.807) is 0 Å². The Balaban J connectivity index is 0.00000136. The van der Waals surface area contributed by atoms with Crippen LogP contribution in [0.2, 0.25) is 0 Å². The third-order valence-electron chi connectivity index (χ3n) is 14.0. The van der Waals surface area contributed by atoms with Crippen LogP contribution in [-0.4, -0.2) is 0 Å². The molecule has 4 nitrogen and oxygen atoms in total. The first-order chi connectivity index (χ1) is 34.0. The van der Waals surface area contributed by atoms with Crippen molar-refractivity contribution < 1.29 is 40.6 Å². The third-order valence-corrected chi connectivity index (χ3v) is 19.5. The van der Waals surface area contributed by atoms with E-state index in [-0.39, 0.29) is 21.1 Å². The van der Waals surface area contributed by atoms with Gasteiger partial charge in [0.2, 0.25) is 0 Å². The van der Waals surface area contributed by atoms with Gasteiger partial charge in [0.15, 0.2) is 0 Å². The van der Waals surface area contributed by atoms with E-state index in [2.05, 4.69) is 39.8 Å². The van der Waals surface area contributed by atoms with Crippen molar-refractivity contribution >= 4 is 57.8 Å². The molecule has 0 atom stereocenters. The van der Waals surface area contributed by atoms with Gasteiger partial charge in [-0.3, -0.25) is 0 Å². The topological polar surface area (TPSA) is 92.2 Å². The van der Waals surface area contributed by atoms with Gasteiger partial charge in [-0.15, -0.1) is 46.4 Å². The molecule has 0 bridgehead atoms. The monoisotopic (exact) mass is 1180 g/mol. The van der Waals surface area contributed by atoms with E-state index in [9.17, 15) is 19.6 Å². The molecule has 11 heteroatoms. The van der Waals surface area contributed by atoms with Gasteiger partial charge in [-0.2, -0.15) is 11.4 Å². The van der Waals surface area contributed by atoms with Crippen molar-refractivity contribution in [1.82, 2.24) is 0 Å². The first-order valence-electron chi connectivity index (χ1n) is 29.6. The maximum absolute atomic E-state index is 11.9. The van der Waals surface area contributed by atoms with E-state index in [4.69, 9.17) is 23.6 Å². The summed E-state index contributed by atoms with van der Waals surface area (Å²) < 4.78 is 0. The summed E-state index contributed by atoms with van der Waals surface area (Å²) in [6.07, 6.45) is 57.2. The summed E-state index contributed by atoms with van der Waals surface area (Å²) in [5.41, 5.74) is -2.44.